The van der Waals surface area contributed by atoms with Crippen LogP contribution in [0.15, 0.2) is 6.07 Å². The predicted molar refractivity (Wildman–Crippen MR) is 67.9 cm³/mol. The molecule has 0 spiro atoms. The third kappa shape index (κ3) is 3.07. The van der Waals surface area contributed by atoms with Crippen LogP contribution in [-0.2, 0) is 17.9 Å². The second-order valence-corrected chi connectivity index (χ2v) is 5.11. The first-order valence-electron chi connectivity index (χ1n) is 6.51. The van der Waals surface area contributed by atoms with Crippen LogP contribution in [0.1, 0.15) is 38.1 Å². The van der Waals surface area contributed by atoms with Crippen LogP contribution in [0.25, 0.3) is 0 Å². The molecule has 0 radical (unpaired) electrons. The highest BCUT2D eigenvalue weighted by atomic mass is 16.5. The molecule has 1 atom stereocenters. The molecule has 1 fully saturated rings. The first kappa shape index (κ1) is 12.6. The number of aromatic nitrogens is 2. The Kier molecular flexibility index (Phi) is 3.84. The number of ether oxygens (including phenoxy) is 1. The molecular formula is C13H23N3O. The van der Waals surface area contributed by atoms with Crippen LogP contribution in [0.2, 0.25) is 0 Å². The number of nitrogens with zero attached hydrogens (tertiary/aromatic N) is 2. The van der Waals surface area contributed by atoms with Crippen molar-refractivity contribution in [1.29, 1.82) is 0 Å². The SMILES string of the molecule is CCn1nc(C)cc1COC1(C)CCCNC1. The Balaban J connectivity index is 1.96. The molecule has 96 valence electrons. The van der Waals surface area contributed by atoms with Crippen molar-refractivity contribution >= 4 is 0 Å². The summed E-state index contributed by atoms with van der Waals surface area (Å²) in [5, 5.41) is 7.83. The first-order valence-corrected chi connectivity index (χ1v) is 6.51. The molecule has 1 aromatic rings. The topological polar surface area (TPSA) is 39.1 Å². The highest BCUT2D eigenvalue weighted by molar-refractivity contribution is 5.08. The standard InChI is InChI=1S/C13H23N3O/c1-4-16-12(8-11(2)15-16)9-17-13(3)6-5-7-14-10-13/h8,14H,4-7,9-10H2,1-3H3. The zero-order valence-electron chi connectivity index (χ0n) is 11.1. The Hall–Kier alpha value is -0.870. The summed E-state index contributed by atoms with van der Waals surface area (Å²) in [7, 11) is 0. The van der Waals surface area contributed by atoms with Gasteiger partial charge in [-0.05, 0) is 46.2 Å². The van der Waals surface area contributed by atoms with Gasteiger partial charge in [-0.15, -0.1) is 0 Å². The van der Waals surface area contributed by atoms with Gasteiger partial charge in [0.05, 0.1) is 23.6 Å². The molecular weight excluding hydrogens is 214 g/mol. The van der Waals surface area contributed by atoms with Crippen LogP contribution in [0, 0.1) is 6.92 Å². The summed E-state index contributed by atoms with van der Waals surface area (Å²) in [5.74, 6) is 0. The van der Waals surface area contributed by atoms with Crippen molar-refractivity contribution in [2.75, 3.05) is 13.1 Å². The van der Waals surface area contributed by atoms with Gasteiger partial charge in [-0.3, -0.25) is 4.68 Å². The van der Waals surface area contributed by atoms with E-state index in [9.17, 15) is 0 Å². The van der Waals surface area contributed by atoms with Gasteiger partial charge >= 0.3 is 0 Å². The van der Waals surface area contributed by atoms with E-state index in [1.165, 1.54) is 12.1 Å². The van der Waals surface area contributed by atoms with E-state index in [-0.39, 0.29) is 5.60 Å². The summed E-state index contributed by atoms with van der Waals surface area (Å²) in [5.41, 5.74) is 2.23. The summed E-state index contributed by atoms with van der Waals surface area (Å²) in [6.07, 6.45) is 2.34. The molecule has 4 nitrogen and oxygen atoms in total. The number of piperidine rings is 1. The van der Waals surface area contributed by atoms with Crippen LogP contribution in [0.5, 0.6) is 0 Å². The molecule has 1 aliphatic heterocycles. The lowest BCUT2D eigenvalue weighted by Gasteiger charge is -2.34. The molecule has 2 heterocycles. The van der Waals surface area contributed by atoms with Gasteiger partial charge in [-0.1, -0.05) is 0 Å². The van der Waals surface area contributed by atoms with E-state index >= 15 is 0 Å². The van der Waals surface area contributed by atoms with Crippen LogP contribution >= 0.6 is 0 Å². The van der Waals surface area contributed by atoms with Crippen LogP contribution in [0.3, 0.4) is 0 Å². The van der Waals surface area contributed by atoms with Gasteiger partial charge < -0.3 is 10.1 Å². The number of hydrogen-bond donors (Lipinski definition) is 1. The minimum absolute atomic E-state index is 0.0189. The maximum atomic E-state index is 6.09. The summed E-state index contributed by atoms with van der Waals surface area (Å²) in [6, 6.07) is 2.11. The summed E-state index contributed by atoms with van der Waals surface area (Å²) >= 11 is 0. The Morgan fingerprint density at radius 3 is 3.06 bits per heavy atom. The number of hydrogen-bond acceptors (Lipinski definition) is 3. The van der Waals surface area contributed by atoms with Crippen molar-refractivity contribution in [2.24, 2.45) is 0 Å². The fraction of sp³-hybridized carbons (Fsp3) is 0.769. The molecule has 1 aromatic heterocycles. The normalized spacial score (nSPS) is 25.1. The van der Waals surface area contributed by atoms with Gasteiger partial charge in [0.15, 0.2) is 0 Å². The Labute approximate surface area is 103 Å². The summed E-state index contributed by atoms with van der Waals surface area (Å²) in [6.45, 7) is 9.96. The molecule has 0 bridgehead atoms. The van der Waals surface area contributed by atoms with Crippen molar-refractivity contribution < 1.29 is 4.74 Å². The highest BCUT2D eigenvalue weighted by Crippen LogP contribution is 2.21. The van der Waals surface area contributed by atoms with E-state index in [2.05, 4.69) is 30.3 Å². The molecule has 0 amide bonds. The average Bonchev–Trinajstić information content (AvgIpc) is 2.68. The smallest absolute Gasteiger partial charge is 0.0892 e. The largest absolute Gasteiger partial charge is 0.368 e. The van der Waals surface area contributed by atoms with Crippen LogP contribution in [-0.4, -0.2) is 28.5 Å². The van der Waals surface area contributed by atoms with Crippen molar-refractivity contribution in [3.63, 3.8) is 0 Å². The Bertz CT molecular complexity index is 367. The maximum absolute atomic E-state index is 6.09. The fourth-order valence-corrected chi connectivity index (χ4v) is 2.39. The Morgan fingerprint density at radius 1 is 1.59 bits per heavy atom. The molecule has 2 rings (SSSR count). The van der Waals surface area contributed by atoms with Crippen molar-refractivity contribution in [2.45, 2.75) is 52.4 Å². The van der Waals surface area contributed by atoms with Crippen LogP contribution in [0.4, 0.5) is 0 Å². The molecule has 1 aliphatic rings. The molecule has 4 heteroatoms. The fourth-order valence-electron chi connectivity index (χ4n) is 2.39. The lowest BCUT2D eigenvalue weighted by molar-refractivity contribution is -0.0594. The molecule has 1 N–H and O–H groups in total. The second kappa shape index (κ2) is 5.19. The van der Waals surface area contributed by atoms with Gasteiger partial charge in [0.1, 0.15) is 0 Å². The summed E-state index contributed by atoms with van der Waals surface area (Å²) < 4.78 is 8.11. The minimum Gasteiger partial charge on any atom is -0.368 e. The van der Waals surface area contributed by atoms with E-state index in [1.54, 1.807) is 0 Å². The van der Waals surface area contributed by atoms with E-state index in [4.69, 9.17) is 4.74 Å². The predicted octanol–water partition coefficient (Wildman–Crippen LogP) is 1.87. The molecule has 0 aliphatic carbocycles. The van der Waals surface area contributed by atoms with Crippen molar-refractivity contribution in [3.05, 3.63) is 17.5 Å². The zero-order valence-corrected chi connectivity index (χ0v) is 11.1. The number of rotatable bonds is 4. The van der Waals surface area contributed by atoms with Crippen molar-refractivity contribution in [3.8, 4) is 0 Å². The molecule has 17 heavy (non-hydrogen) atoms. The second-order valence-electron chi connectivity index (χ2n) is 5.11. The van der Waals surface area contributed by atoms with E-state index in [0.717, 1.165) is 31.7 Å². The molecule has 0 aromatic carbocycles. The van der Waals surface area contributed by atoms with Crippen LogP contribution < -0.4 is 5.32 Å². The number of aryl methyl sites for hydroxylation is 2. The van der Waals surface area contributed by atoms with Gasteiger partial charge in [-0.25, -0.2) is 0 Å². The summed E-state index contributed by atoms with van der Waals surface area (Å²) in [4.78, 5) is 0. The van der Waals surface area contributed by atoms with Gasteiger partial charge in [0.2, 0.25) is 0 Å². The van der Waals surface area contributed by atoms with E-state index in [0.29, 0.717) is 6.61 Å². The minimum atomic E-state index is -0.0189. The quantitative estimate of drug-likeness (QED) is 0.869. The third-order valence-electron chi connectivity index (χ3n) is 3.41. The molecule has 1 unspecified atom stereocenters. The average molecular weight is 237 g/mol. The monoisotopic (exact) mass is 237 g/mol. The van der Waals surface area contributed by atoms with E-state index < -0.39 is 0 Å². The van der Waals surface area contributed by atoms with Gasteiger partial charge in [0.25, 0.3) is 0 Å². The van der Waals surface area contributed by atoms with Crippen molar-refractivity contribution in [1.82, 2.24) is 15.1 Å². The maximum Gasteiger partial charge on any atom is 0.0892 e. The molecule has 1 saturated heterocycles. The van der Waals surface area contributed by atoms with E-state index in [1.807, 2.05) is 11.6 Å². The zero-order chi connectivity index (χ0) is 12.3. The third-order valence-corrected chi connectivity index (χ3v) is 3.41. The van der Waals surface area contributed by atoms with Gasteiger partial charge in [-0.2, -0.15) is 5.10 Å². The lowest BCUT2D eigenvalue weighted by atomic mass is 9.96. The number of nitrogens with one attached hydrogen (secondary N) is 1. The first-order chi connectivity index (χ1) is 8.13. The molecule has 0 saturated carbocycles. The lowest BCUT2D eigenvalue weighted by Crippen LogP contribution is -2.45. The van der Waals surface area contributed by atoms with Gasteiger partial charge in [0, 0.05) is 13.1 Å². The Morgan fingerprint density at radius 2 is 2.41 bits per heavy atom. The highest BCUT2D eigenvalue weighted by Gasteiger charge is 2.27.